The number of hydrogen-bond donors (Lipinski definition) is 1. The highest BCUT2D eigenvalue weighted by Gasteiger charge is 2.21. The molecule has 1 aliphatic carbocycles. The van der Waals surface area contributed by atoms with Gasteiger partial charge in [0.15, 0.2) is 17.5 Å². The monoisotopic (exact) mass is 243 g/mol. The smallest absolute Gasteiger partial charge is 0.251 e. The van der Waals surface area contributed by atoms with Crippen molar-refractivity contribution in [3.63, 3.8) is 0 Å². The average molecular weight is 243 g/mol. The fourth-order valence-corrected chi connectivity index (χ4v) is 1.59. The number of nitrogens with one attached hydrogen (secondary N) is 1. The van der Waals surface area contributed by atoms with E-state index in [9.17, 15) is 18.0 Å². The van der Waals surface area contributed by atoms with Gasteiger partial charge in [0.2, 0.25) is 0 Å². The van der Waals surface area contributed by atoms with Crippen molar-refractivity contribution in [1.82, 2.24) is 5.32 Å². The first-order valence-corrected chi connectivity index (χ1v) is 5.50. The maximum absolute atomic E-state index is 12.9. The fraction of sp³-hybridized carbons (Fsp3) is 0.417. The first kappa shape index (κ1) is 12.0. The summed E-state index contributed by atoms with van der Waals surface area (Å²) in [6.07, 6.45) is 3.23. The van der Waals surface area contributed by atoms with Crippen LogP contribution in [-0.2, 0) is 0 Å². The van der Waals surface area contributed by atoms with Gasteiger partial charge in [0.1, 0.15) is 0 Å². The Morgan fingerprint density at radius 3 is 2.35 bits per heavy atom. The first-order chi connectivity index (χ1) is 8.08. The van der Waals surface area contributed by atoms with Crippen molar-refractivity contribution in [1.29, 1.82) is 0 Å². The lowest BCUT2D eigenvalue weighted by atomic mass is 10.2. The lowest BCUT2D eigenvalue weighted by Gasteiger charge is -2.05. The van der Waals surface area contributed by atoms with E-state index in [0.717, 1.165) is 6.42 Å². The number of halogens is 3. The Kier molecular flexibility index (Phi) is 3.36. The molecule has 1 aromatic carbocycles. The lowest BCUT2D eigenvalue weighted by molar-refractivity contribution is 0.0951. The molecule has 1 fully saturated rings. The molecule has 0 spiro atoms. The third-order valence-electron chi connectivity index (χ3n) is 2.78. The molecule has 0 aromatic heterocycles. The van der Waals surface area contributed by atoms with E-state index in [2.05, 4.69) is 5.32 Å². The Labute approximate surface area is 96.8 Å². The quantitative estimate of drug-likeness (QED) is 0.809. The van der Waals surface area contributed by atoms with Crippen LogP contribution in [0.5, 0.6) is 0 Å². The second-order valence-corrected chi connectivity index (χ2v) is 4.24. The molecule has 0 heterocycles. The van der Waals surface area contributed by atoms with Crippen LogP contribution in [0.2, 0.25) is 0 Å². The second-order valence-electron chi connectivity index (χ2n) is 4.24. The molecule has 0 bridgehead atoms. The van der Waals surface area contributed by atoms with Crippen LogP contribution in [0.4, 0.5) is 13.2 Å². The first-order valence-electron chi connectivity index (χ1n) is 5.50. The van der Waals surface area contributed by atoms with Crippen LogP contribution >= 0.6 is 0 Å². The molecular formula is C12H12F3NO. The summed E-state index contributed by atoms with van der Waals surface area (Å²) in [6.45, 7) is 0.476. The lowest BCUT2D eigenvalue weighted by Crippen LogP contribution is -2.25. The summed E-state index contributed by atoms with van der Waals surface area (Å²) in [5.74, 6) is -4.17. The minimum atomic E-state index is -1.56. The molecule has 1 amide bonds. The summed E-state index contributed by atoms with van der Waals surface area (Å²) < 4.78 is 38.4. The number of benzene rings is 1. The third kappa shape index (κ3) is 2.99. The minimum absolute atomic E-state index is 0.197. The molecule has 0 aliphatic heterocycles. The van der Waals surface area contributed by atoms with E-state index in [1.54, 1.807) is 0 Å². The van der Waals surface area contributed by atoms with Gasteiger partial charge >= 0.3 is 0 Å². The maximum Gasteiger partial charge on any atom is 0.251 e. The van der Waals surface area contributed by atoms with E-state index >= 15 is 0 Å². The van der Waals surface area contributed by atoms with Crippen LogP contribution in [0, 0.1) is 23.4 Å². The standard InChI is InChI=1S/C12H12F3NO/c13-9-5-8(6-10(14)11(9)15)12(17)16-4-3-7-1-2-7/h5-7H,1-4H2,(H,16,17). The van der Waals surface area contributed by atoms with Crippen LogP contribution in [0.3, 0.4) is 0 Å². The molecule has 0 atom stereocenters. The van der Waals surface area contributed by atoms with Crippen LogP contribution in [0.15, 0.2) is 12.1 Å². The molecule has 0 saturated heterocycles. The zero-order chi connectivity index (χ0) is 12.4. The van der Waals surface area contributed by atoms with Crippen molar-refractivity contribution in [3.8, 4) is 0 Å². The molecule has 92 valence electrons. The molecule has 1 aromatic rings. The van der Waals surface area contributed by atoms with Crippen molar-refractivity contribution < 1.29 is 18.0 Å². The predicted octanol–water partition coefficient (Wildman–Crippen LogP) is 2.63. The van der Waals surface area contributed by atoms with Gasteiger partial charge in [-0.25, -0.2) is 13.2 Å². The van der Waals surface area contributed by atoms with Crippen LogP contribution < -0.4 is 5.32 Å². The highest BCUT2D eigenvalue weighted by molar-refractivity contribution is 5.94. The summed E-state index contributed by atoms with van der Waals surface area (Å²) in [4.78, 5) is 11.5. The second kappa shape index (κ2) is 4.77. The molecule has 0 unspecified atom stereocenters. The molecular weight excluding hydrogens is 231 g/mol. The van der Waals surface area contributed by atoms with Crippen molar-refractivity contribution in [2.75, 3.05) is 6.54 Å². The van der Waals surface area contributed by atoms with E-state index in [1.165, 1.54) is 12.8 Å². The van der Waals surface area contributed by atoms with E-state index in [1.807, 2.05) is 0 Å². The number of rotatable bonds is 4. The topological polar surface area (TPSA) is 29.1 Å². The molecule has 17 heavy (non-hydrogen) atoms. The maximum atomic E-state index is 12.9. The average Bonchev–Trinajstić information content (AvgIpc) is 3.09. The molecule has 1 saturated carbocycles. The van der Waals surface area contributed by atoms with Gasteiger partial charge in [0.25, 0.3) is 5.91 Å². The van der Waals surface area contributed by atoms with Gasteiger partial charge in [-0.1, -0.05) is 12.8 Å². The van der Waals surface area contributed by atoms with Gasteiger partial charge in [0, 0.05) is 12.1 Å². The van der Waals surface area contributed by atoms with Crippen LogP contribution in [-0.4, -0.2) is 12.5 Å². The van der Waals surface area contributed by atoms with Crippen molar-refractivity contribution in [3.05, 3.63) is 35.1 Å². The molecule has 1 aliphatic rings. The molecule has 5 heteroatoms. The summed E-state index contributed by atoms with van der Waals surface area (Å²) in [5, 5.41) is 2.55. The Morgan fingerprint density at radius 1 is 1.24 bits per heavy atom. The highest BCUT2D eigenvalue weighted by atomic mass is 19.2. The Morgan fingerprint density at radius 2 is 1.82 bits per heavy atom. The van der Waals surface area contributed by atoms with Crippen LogP contribution in [0.25, 0.3) is 0 Å². The summed E-state index contributed by atoms with van der Waals surface area (Å²) in [5.41, 5.74) is -0.197. The fourth-order valence-electron chi connectivity index (χ4n) is 1.59. The van der Waals surface area contributed by atoms with Gasteiger partial charge in [-0.3, -0.25) is 4.79 Å². The van der Waals surface area contributed by atoms with Gasteiger partial charge < -0.3 is 5.32 Å². The molecule has 1 N–H and O–H groups in total. The largest absolute Gasteiger partial charge is 0.352 e. The Bertz CT molecular complexity index is 420. The van der Waals surface area contributed by atoms with Gasteiger partial charge in [-0.15, -0.1) is 0 Å². The number of amides is 1. The Hall–Kier alpha value is -1.52. The van der Waals surface area contributed by atoms with Crippen molar-refractivity contribution in [2.45, 2.75) is 19.3 Å². The van der Waals surface area contributed by atoms with Crippen molar-refractivity contribution in [2.24, 2.45) is 5.92 Å². The third-order valence-corrected chi connectivity index (χ3v) is 2.78. The molecule has 2 rings (SSSR count). The zero-order valence-electron chi connectivity index (χ0n) is 9.10. The van der Waals surface area contributed by atoms with E-state index in [0.29, 0.717) is 24.6 Å². The summed E-state index contributed by atoms with van der Waals surface area (Å²) in [6, 6.07) is 1.40. The highest BCUT2D eigenvalue weighted by Crippen LogP contribution is 2.31. The van der Waals surface area contributed by atoms with E-state index in [4.69, 9.17) is 0 Å². The SMILES string of the molecule is O=C(NCCC1CC1)c1cc(F)c(F)c(F)c1. The summed E-state index contributed by atoms with van der Waals surface area (Å²) >= 11 is 0. The van der Waals surface area contributed by atoms with E-state index in [-0.39, 0.29) is 5.56 Å². The normalized spacial score (nSPS) is 14.8. The zero-order valence-corrected chi connectivity index (χ0v) is 9.10. The minimum Gasteiger partial charge on any atom is -0.352 e. The van der Waals surface area contributed by atoms with Crippen LogP contribution in [0.1, 0.15) is 29.6 Å². The summed E-state index contributed by atoms with van der Waals surface area (Å²) in [7, 11) is 0. The number of carbonyl (C=O) groups excluding carboxylic acids is 1. The molecule has 2 nitrogen and oxygen atoms in total. The number of hydrogen-bond acceptors (Lipinski definition) is 1. The number of carbonyl (C=O) groups is 1. The van der Waals surface area contributed by atoms with E-state index < -0.39 is 23.4 Å². The Balaban J connectivity index is 1.97. The van der Waals surface area contributed by atoms with Gasteiger partial charge in [0.05, 0.1) is 0 Å². The molecule has 0 radical (unpaired) electrons. The predicted molar refractivity (Wildman–Crippen MR) is 56.0 cm³/mol. The van der Waals surface area contributed by atoms with Crippen molar-refractivity contribution >= 4 is 5.91 Å². The van der Waals surface area contributed by atoms with Gasteiger partial charge in [-0.05, 0) is 24.5 Å². The van der Waals surface area contributed by atoms with Gasteiger partial charge in [-0.2, -0.15) is 0 Å².